The van der Waals surface area contributed by atoms with Crippen LogP contribution in [0, 0.1) is 11.8 Å². The minimum atomic E-state index is -1.02. The molecule has 2 aromatic carbocycles. The molecule has 1 heterocycles. The van der Waals surface area contributed by atoms with Crippen molar-refractivity contribution in [1.29, 1.82) is 0 Å². The van der Waals surface area contributed by atoms with Gasteiger partial charge >= 0.3 is 12.1 Å². The average Bonchev–Trinajstić information content (AvgIpc) is 3.42. The van der Waals surface area contributed by atoms with Crippen molar-refractivity contribution in [1.82, 2.24) is 21.3 Å². The Morgan fingerprint density at radius 2 is 1.53 bits per heavy atom. The van der Waals surface area contributed by atoms with Crippen molar-refractivity contribution < 1.29 is 33.4 Å². The van der Waals surface area contributed by atoms with E-state index in [9.17, 15) is 24.0 Å². The zero-order valence-corrected chi connectivity index (χ0v) is 26.1. The molecular weight excluding hydrogens is 576 g/mol. The maximum atomic E-state index is 13.8. The van der Waals surface area contributed by atoms with E-state index in [2.05, 4.69) is 21.3 Å². The standard InChI is InChI=1S/C34H44N4O7/c1-4-44-30(39)16-15-27(21-26-17-18-35-31(26)40)36-32(41)29(20-24-11-7-5-8-12-24)37-33(42)28(19-23(2)3)38-34(43)45-22-25-13-9-6-10-14-25/h5-16,23,26-29H,4,17-22H2,1-3H3,(H,35,40)(H,36,41)(H,37,42)(H,38,43). The number of carbonyl (C=O) groups is 5. The highest BCUT2D eigenvalue weighted by atomic mass is 16.5. The van der Waals surface area contributed by atoms with Crippen molar-refractivity contribution in [2.24, 2.45) is 11.8 Å². The van der Waals surface area contributed by atoms with E-state index in [0.29, 0.717) is 19.4 Å². The van der Waals surface area contributed by atoms with E-state index in [1.807, 2.05) is 74.5 Å². The van der Waals surface area contributed by atoms with E-state index < -0.39 is 42.0 Å². The number of carbonyl (C=O) groups excluding carboxylic acids is 5. The number of esters is 1. The minimum absolute atomic E-state index is 0.0431. The topological polar surface area (TPSA) is 152 Å². The van der Waals surface area contributed by atoms with Gasteiger partial charge in [0.25, 0.3) is 0 Å². The lowest BCUT2D eigenvalue weighted by atomic mass is 9.97. The third kappa shape index (κ3) is 12.5. The van der Waals surface area contributed by atoms with Gasteiger partial charge in [-0.05, 0) is 43.2 Å². The fourth-order valence-electron chi connectivity index (χ4n) is 4.97. The Hall–Kier alpha value is -4.67. The molecule has 1 saturated heterocycles. The fourth-order valence-corrected chi connectivity index (χ4v) is 4.97. The third-order valence-corrected chi connectivity index (χ3v) is 7.22. The van der Waals surface area contributed by atoms with Crippen molar-refractivity contribution in [2.75, 3.05) is 13.2 Å². The molecule has 4 unspecified atom stereocenters. The normalized spacial score (nSPS) is 16.4. The first-order valence-electron chi connectivity index (χ1n) is 15.4. The number of hydrogen-bond donors (Lipinski definition) is 4. The van der Waals surface area contributed by atoms with Crippen LogP contribution in [0.4, 0.5) is 4.79 Å². The monoisotopic (exact) mass is 620 g/mol. The summed E-state index contributed by atoms with van der Waals surface area (Å²) in [6, 6.07) is 15.7. The number of ether oxygens (including phenoxy) is 2. The molecule has 11 nitrogen and oxygen atoms in total. The summed E-state index contributed by atoms with van der Waals surface area (Å²) >= 11 is 0. The van der Waals surface area contributed by atoms with Gasteiger partial charge in [-0.1, -0.05) is 80.6 Å². The summed E-state index contributed by atoms with van der Waals surface area (Å²) in [5.74, 6) is -2.01. The Balaban J connectivity index is 1.76. The Morgan fingerprint density at radius 3 is 2.13 bits per heavy atom. The van der Waals surface area contributed by atoms with Crippen LogP contribution in [-0.2, 0) is 41.7 Å². The molecule has 4 N–H and O–H groups in total. The predicted molar refractivity (Wildman–Crippen MR) is 169 cm³/mol. The molecule has 1 aliphatic rings. The quantitative estimate of drug-likeness (QED) is 0.166. The van der Waals surface area contributed by atoms with E-state index in [4.69, 9.17) is 9.47 Å². The molecule has 11 heteroatoms. The highest BCUT2D eigenvalue weighted by molar-refractivity contribution is 5.92. The molecule has 1 fully saturated rings. The SMILES string of the molecule is CCOC(=O)C=CC(CC1CCNC1=O)NC(=O)C(Cc1ccccc1)NC(=O)C(CC(C)C)NC(=O)OCc1ccccc1. The van der Waals surface area contributed by atoms with E-state index in [1.165, 1.54) is 12.2 Å². The van der Waals surface area contributed by atoms with Crippen LogP contribution in [0.25, 0.3) is 0 Å². The molecule has 3 rings (SSSR count). The zero-order chi connectivity index (χ0) is 32.6. The molecule has 0 bridgehead atoms. The van der Waals surface area contributed by atoms with Gasteiger partial charge < -0.3 is 30.7 Å². The smallest absolute Gasteiger partial charge is 0.408 e. The van der Waals surface area contributed by atoms with Crippen LogP contribution < -0.4 is 21.3 Å². The Morgan fingerprint density at radius 1 is 0.889 bits per heavy atom. The molecule has 0 radical (unpaired) electrons. The number of nitrogens with one attached hydrogen (secondary N) is 4. The van der Waals surface area contributed by atoms with Gasteiger partial charge in [0.15, 0.2) is 0 Å². The molecular formula is C34H44N4O7. The largest absolute Gasteiger partial charge is 0.463 e. The van der Waals surface area contributed by atoms with Gasteiger partial charge in [-0.3, -0.25) is 14.4 Å². The fraction of sp³-hybridized carbons (Fsp3) is 0.441. The molecule has 0 aliphatic carbocycles. The lowest BCUT2D eigenvalue weighted by Crippen LogP contribution is -2.56. The summed E-state index contributed by atoms with van der Waals surface area (Å²) in [5, 5.41) is 11.2. The average molecular weight is 621 g/mol. The number of rotatable bonds is 16. The summed E-state index contributed by atoms with van der Waals surface area (Å²) in [6.45, 7) is 6.31. The number of benzene rings is 2. The molecule has 1 aliphatic heterocycles. The Bertz CT molecular complexity index is 1300. The molecule has 4 amide bonds. The number of amides is 4. The number of alkyl carbamates (subject to hydrolysis) is 1. The Labute approximate surface area is 264 Å². The van der Waals surface area contributed by atoms with Gasteiger partial charge in [-0.25, -0.2) is 9.59 Å². The summed E-state index contributed by atoms with van der Waals surface area (Å²) in [4.78, 5) is 64.3. The summed E-state index contributed by atoms with van der Waals surface area (Å²) in [6.07, 6.45) is 3.35. The highest BCUT2D eigenvalue weighted by Gasteiger charge is 2.31. The van der Waals surface area contributed by atoms with Crippen molar-refractivity contribution >= 4 is 29.8 Å². The first kappa shape index (κ1) is 34.8. The zero-order valence-electron chi connectivity index (χ0n) is 26.1. The molecule has 0 spiro atoms. The lowest BCUT2D eigenvalue weighted by Gasteiger charge is -2.26. The second-order valence-electron chi connectivity index (χ2n) is 11.4. The van der Waals surface area contributed by atoms with Crippen LogP contribution in [0.2, 0.25) is 0 Å². The van der Waals surface area contributed by atoms with Crippen molar-refractivity contribution in [3.63, 3.8) is 0 Å². The summed E-state index contributed by atoms with van der Waals surface area (Å²) in [5.41, 5.74) is 1.61. The minimum Gasteiger partial charge on any atom is -0.463 e. The van der Waals surface area contributed by atoms with Gasteiger partial charge in [0.2, 0.25) is 17.7 Å². The van der Waals surface area contributed by atoms with Gasteiger partial charge in [-0.15, -0.1) is 0 Å². The second kappa shape index (κ2) is 18.2. The first-order chi connectivity index (χ1) is 21.6. The van der Waals surface area contributed by atoms with Gasteiger partial charge in [0.05, 0.1) is 6.61 Å². The van der Waals surface area contributed by atoms with Crippen LogP contribution in [0.3, 0.4) is 0 Å². The van der Waals surface area contributed by atoms with Crippen LogP contribution in [0.5, 0.6) is 0 Å². The summed E-state index contributed by atoms with van der Waals surface area (Å²) < 4.78 is 10.3. The van der Waals surface area contributed by atoms with Crippen LogP contribution in [0.15, 0.2) is 72.8 Å². The van der Waals surface area contributed by atoms with Crippen LogP contribution in [-0.4, -0.2) is 61.1 Å². The third-order valence-electron chi connectivity index (χ3n) is 7.22. The number of hydrogen-bond acceptors (Lipinski definition) is 7. The van der Waals surface area contributed by atoms with Crippen molar-refractivity contribution in [3.05, 3.63) is 83.9 Å². The molecule has 4 atom stereocenters. The molecule has 45 heavy (non-hydrogen) atoms. The maximum Gasteiger partial charge on any atom is 0.408 e. The van der Waals surface area contributed by atoms with E-state index in [-0.39, 0.29) is 43.8 Å². The van der Waals surface area contributed by atoms with Gasteiger partial charge in [0, 0.05) is 31.0 Å². The molecule has 242 valence electrons. The Kier molecular flexibility index (Phi) is 14.1. The van der Waals surface area contributed by atoms with Crippen molar-refractivity contribution in [2.45, 2.75) is 71.2 Å². The highest BCUT2D eigenvalue weighted by Crippen LogP contribution is 2.17. The van der Waals surface area contributed by atoms with Crippen molar-refractivity contribution in [3.8, 4) is 0 Å². The van der Waals surface area contributed by atoms with E-state index >= 15 is 0 Å². The van der Waals surface area contributed by atoms with E-state index in [1.54, 1.807) is 6.92 Å². The van der Waals surface area contributed by atoms with Crippen LogP contribution in [0.1, 0.15) is 51.2 Å². The van der Waals surface area contributed by atoms with Gasteiger partial charge in [-0.2, -0.15) is 0 Å². The van der Waals surface area contributed by atoms with E-state index in [0.717, 1.165) is 11.1 Å². The predicted octanol–water partition coefficient (Wildman–Crippen LogP) is 3.19. The molecule has 2 aromatic rings. The van der Waals surface area contributed by atoms with Crippen LogP contribution >= 0.6 is 0 Å². The second-order valence-corrected chi connectivity index (χ2v) is 11.4. The molecule has 0 aromatic heterocycles. The van der Waals surface area contributed by atoms with Gasteiger partial charge in [0.1, 0.15) is 18.7 Å². The first-order valence-corrected chi connectivity index (χ1v) is 15.4. The molecule has 0 saturated carbocycles. The maximum absolute atomic E-state index is 13.8. The summed E-state index contributed by atoms with van der Waals surface area (Å²) in [7, 11) is 0. The lowest BCUT2D eigenvalue weighted by molar-refractivity contribution is -0.137.